The molecule has 28 heavy (non-hydrogen) atoms. The molecule has 0 N–H and O–H groups in total. The van der Waals surface area contributed by atoms with Crippen molar-refractivity contribution in [2.75, 3.05) is 24.7 Å². The van der Waals surface area contributed by atoms with E-state index >= 15 is 0 Å². The zero-order valence-electron chi connectivity index (χ0n) is 15.3. The van der Waals surface area contributed by atoms with Gasteiger partial charge in [-0.1, -0.05) is 29.5 Å². The molecule has 3 aromatic rings. The van der Waals surface area contributed by atoms with E-state index in [1.807, 2.05) is 6.07 Å². The third-order valence-electron chi connectivity index (χ3n) is 5.17. The van der Waals surface area contributed by atoms with Crippen molar-refractivity contribution in [1.29, 1.82) is 0 Å². The Morgan fingerprint density at radius 1 is 1.04 bits per heavy atom. The maximum atomic E-state index is 13.1. The van der Waals surface area contributed by atoms with Crippen molar-refractivity contribution < 1.29 is 13.9 Å². The van der Waals surface area contributed by atoms with E-state index in [1.165, 1.54) is 17.7 Å². The van der Waals surface area contributed by atoms with Crippen LogP contribution < -0.4 is 14.4 Å². The second kappa shape index (κ2) is 7.39. The minimum absolute atomic E-state index is 0.221. The largest absolute Gasteiger partial charge is 0.486 e. The van der Waals surface area contributed by atoms with Gasteiger partial charge in [-0.3, -0.25) is 0 Å². The fraction of sp³-hybridized carbons (Fsp3) is 0.333. The maximum Gasteiger partial charge on any atom is 0.208 e. The second-order valence-corrected chi connectivity index (χ2v) is 8.08. The molecule has 0 radical (unpaired) electrons. The first kappa shape index (κ1) is 17.4. The third-order valence-corrected chi connectivity index (χ3v) is 6.13. The lowest BCUT2D eigenvalue weighted by Gasteiger charge is -2.25. The summed E-state index contributed by atoms with van der Waals surface area (Å²) in [5, 5.41) is 10.7. The number of ether oxygens (including phenoxy) is 2. The van der Waals surface area contributed by atoms with Crippen molar-refractivity contribution in [3.8, 4) is 11.5 Å². The summed E-state index contributed by atoms with van der Waals surface area (Å²) in [7, 11) is 0. The van der Waals surface area contributed by atoms with E-state index in [-0.39, 0.29) is 11.9 Å². The molecule has 5 nitrogen and oxygen atoms in total. The van der Waals surface area contributed by atoms with E-state index in [0.29, 0.717) is 19.6 Å². The number of rotatable bonds is 4. The summed E-state index contributed by atoms with van der Waals surface area (Å²) in [6.45, 7) is 2.15. The van der Waals surface area contributed by atoms with Crippen LogP contribution in [-0.4, -0.2) is 30.0 Å². The van der Waals surface area contributed by atoms with E-state index in [9.17, 15) is 4.39 Å². The molecule has 1 unspecified atom stereocenters. The van der Waals surface area contributed by atoms with E-state index in [1.54, 1.807) is 23.5 Å². The quantitative estimate of drug-likeness (QED) is 0.654. The fourth-order valence-electron chi connectivity index (χ4n) is 3.82. The van der Waals surface area contributed by atoms with Crippen LogP contribution in [0.5, 0.6) is 11.5 Å². The average molecular weight is 397 g/mol. The molecule has 144 valence electrons. The van der Waals surface area contributed by atoms with Crippen molar-refractivity contribution in [3.63, 3.8) is 0 Å². The van der Waals surface area contributed by atoms with Gasteiger partial charge in [-0.05, 0) is 48.2 Å². The molecule has 2 aliphatic rings. The SMILES string of the molecule is Fc1ccc(Cc2nnc(N3CCCC3c3ccc4c(c3)OCCO4)s2)cc1. The molecule has 5 rings (SSSR count). The van der Waals surface area contributed by atoms with Gasteiger partial charge in [-0.2, -0.15) is 0 Å². The molecule has 0 bridgehead atoms. The van der Waals surface area contributed by atoms with Gasteiger partial charge >= 0.3 is 0 Å². The molecule has 0 amide bonds. The van der Waals surface area contributed by atoms with Gasteiger partial charge in [0, 0.05) is 13.0 Å². The number of aromatic nitrogens is 2. The number of fused-ring (bicyclic) bond motifs is 1. The standard InChI is InChI=1S/C21H20FN3O2S/c22-16-6-3-14(4-7-16)12-20-23-24-21(28-20)25-9-1-2-17(25)15-5-8-18-19(13-15)27-11-10-26-18/h3-8,13,17H,1-2,9-12H2. The lowest BCUT2D eigenvalue weighted by molar-refractivity contribution is 0.171. The minimum atomic E-state index is -0.221. The summed E-state index contributed by atoms with van der Waals surface area (Å²) in [5.41, 5.74) is 2.26. The predicted molar refractivity (Wildman–Crippen MR) is 106 cm³/mol. The first-order valence-corrected chi connectivity index (χ1v) is 10.3. The van der Waals surface area contributed by atoms with Crippen LogP contribution in [0.25, 0.3) is 0 Å². The van der Waals surface area contributed by atoms with E-state index in [2.05, 4.69) is 27.2 Å². The van der Waals surface area contributed by atoms with E-state index < -0.39 is 0 Å². The summed E-state index contributed by atoms with van der Waals surface area (Å²) in [6, 6.07) is 13.0. The Bertz CT molecular complexity index is 976. The Kier molecular flexibility index (Phi) is 4.60. The Labute approximate surface area is 166 Å². The highest BCUT2D eigenvalue weighted by molar-refractivity contribution is 7.15. The van der Waals surface area contributed by atoms with Crippen molar-refractivity contribution >= 4 is 16.5 Å². The number of benzene rings is 2. The molecule has 3 heterocycles. The normalized spacial score (nSPS) is 18.5. The molecule has 2 aliphatic heterocycles. The molecular weight excluding hydrogens is 377 g/mol. The van der Waals surface area contributed by atoms with Gasteiger partial charge in [0.05, 0.1) is 6.04 Å². The Morgan fingerprint density at radius 3 is 2.71 bits per heavy atom. The summed E-state index contributed by atoms with van der Waals surface area (Å²) in [4.78, 5) is 2.33. The van der Waals surface area contributed by atoms with Gasteiger partial charge < -0.3 is 14.4 Å². The zero-order valence-corrected chi connectivity index (χ0v) is 16.1. The minimum Gasteiger partial charge on any atom is -0.486 e. The summed E-state index contributed by atoms with van der Waals surface area (Å²) >= 11 is 1.61. The lowest BCUT2D eigenvalue weighted by atomic mass is 10.0. The Hall–Kier alpha value is -2.67. The molecule has 1 fully saturated rings. The molecule has 0 aliphatic carbocycles. The summed E-state index contributed by atoms with van der Waals surface area (Å²) in [6.07, 6.45) is 2.86. The third kappa shape index (κ3) is 3.42. The topological polar surface area (TPSA) is 47.5 Å². The van der Waals surface area contributed by atoms with Gasteiger partial charge in [0.1, 0.15) is 24.0 Å². The number of halogens is 1. The first-order valence-electron chi connectivity index (χ1n) is 9.49. The molecule has 7 heteroatoms. The van der Waals surface area contributed by atoms with Gasteiger partial charge in [-0.25, -0.2) is 4.39 Å². The molecule has 0 saturated carbocycles. The highest BCUT2D eigenvalue weighted by Crippen LogP contribution is 2.41. The Balaban J connectivity index is 1.35. The predicted octanol–water partition coefficient (Wildman–Crippen LogP) is 4.38. The van der Waals surface area contributed by atoms with Crippen LogP contribution in [-0.2, 0) is 6.42 Å². The van der Waals surface area contributed by atoms with Crippen LogP contribution in [0.2, 0.25) is 0 Å². The number of hydrogen-bond acceptors (Lipinski definition) is 6. The molecule has 1 saturated heterocycles. The monoisotopic (exact) mass is 397 g/mol. The van der Waals surface area contributed by atoms with Gasteiger partial charge in [0.25, 0.3) is 0 Å². The molecule has 0 spiro atoms. The zero-order chi connectivity index (χ0) is 18.9. The van der Waals surface area contributed by atoms with Crippen LogP contribution in [0.3, 0.4) is 0 Å². The second-order valence-electron chi connectivity index (χ2n) is 7.04. The maximum absolute atomic E-state index is 13.1. The summed E-state index contributed by atoms with van der Waals surface area (Å²) in [5.74, 6) is 1.42. The molecule has 1 aromatic heterocycles. The number of hydrogen-bond donors (Lipinski definition) is 0. The van der Waals surface area contributed by atoms with Crippen molar-refractivity contribution in [2.24, 2.45) is 0 Å². The lowest BCUT2D eigenvalue weighted by Crippen LogP contribution is -2.23. The van der Waals surface area contributed by atoms with Crippen LogP contribution in [0.4, 0.5) is 9.52 Å². The van der Waals surface area contributed by atoms with Crippen LogP contribution in [0, 0.1) is 5.82 Å². The fourth-order valence-corrected chi connectivity index (χ4v) is 4.77. The van der Waals surface area contributed by atoms with Crippen LogP contribution in [0.15, 0.2) is 42.5 Å². The van der Waals surface area contributed by atoms with E-state index in [0.717, 1.165) is 46.6 Å². The number of nitrogens with zero attached hydrogens (tertiary/aromatic N) is 3. The highest BCUT2D eigenvalue weighted by atomic mass is 32.1. The number of anilines is 1. The molecular formula is C21H20FN3O2S. The first-order chi connectivity index (χ1) is 13.8. The van der Waals surface area contributed by atoms with Crippen molar-refractivity contribution in [3.05, 3.63) is 64.4 Å². The molecule has 1 atom stereocenters. The van der Waals surface area contributed by atoms with Gasteiger partial charge in [-0.15, -0.1) is 10.2 Å². The van der Waals surface area contributed by atoms with Gasteiger partial charge in [0.2, 0.25) is 5.13 Å². The molecule has 2 aromatic carbocycles. The van der Waals surface area contributed by atoms with Crippen molar-refractivity contribution in [2.45, 2.75) is 25.3 Å². The van der Waals surface area contributed by atoms with Gasteiger partial charge in [0.15, 0.2) is 11.5 Å². The smallest absolute Gasteiger partial charge is 0.208 e. The highest BCUT2D eigenvalue weighted by Gasteiger charge is 2.29. The van der Waals surface area contributed by atoms with Crippen molar-refractivity contribution in [1.82, 2.24) is 10.2 Å². The van der Waals surface area contributed by atoms with Crippen LogP contribution >= 0.6 is 11.3 Å². The van der Waals surface area contributed by atoms with E-state index in [4.69, 9.17) is 9.47 Å². The van der Waals surface area contributed by atoms with Crippen LogP contribution in [0.1, 0.15) is 35.0 Å². The Morgan fingerprint density at radius 2 is 1.86 bits per heavy atom. The average Bonchev–Trinajstić information content (AvgIpc) is 3.39. The summed E-state index contributed by atoms with van der Waals surface area (Å²) < 4.78 is 24.5.